The van der Waals surface area contributed by atoms with Crippen LogP contribution in [0.5, 0.6) is 11.9 Å². The highest BCUT2D eigenvalue weighted by molar-refractivity contribution is 5.97. The van der Waals surface area contributed by atoms with E-state index in [1.54, 1.807) is 0 Å². The van der Waals surface area contributed by atoms with Gasteiger partial charge in [0.25, 0.3) is 0 Å². The molecule has 0 bridgehead atoms. The van der Waals surface area contributed by atoms with E-state index in [1.165, 1.54) is 0 Å². The third-order valence-corrected chi connectivity index (χ3v) is 10.9. The molecule has 1 aliphatic rings. The number of nitrogens with one attached hydrogen (secondary N) is 1. The minimum Gasteiger partial charge on any atom is -0.471 e. The van der Waals surface area contributed by atoms with Gasteiger partial charge in [0.15, 0.2) is 5.82 Å². The molecule has 0 saturated carbocycles. The standard InChI is InChI=1S/C54H54N4O7/c59-49-31-32-58(52-50(55-49)53(64-38-45-27-15-5-16-28-45)57-54(56-52)65-39-46-29-17-6-18-30-46)33-47(61-35-42-21-9-2-10-22-42)51(63-37-44-25-13-4-14-26-44)48(62-36-43-23-11-3-12-24-43)40-60-34-41-19-7-1-8-20-41/h1-30,47-48,51H,31-40H2,(H,55,59)/t47-,48+,51-/m0/s1. The van der Waals surface area contributed by atoms with E-state index in [4.69, 9.17) is 38.4 Å². The number of aromatic nitrogens is 2. The summed E-state index contributed by atoms with van der Waals surface area (Å²) < 4.78 is 40.0. The SMILES string of the molecule is O=C1CCN(C[C@H](OCc2ccccc2)[C@H](OCc2ccccc2)[C@@H](COCc2ccccc2)OCc2ccccc2)c2nc(OCc3ccccc3)nc(OCc3ccccc3)c2N1. The Kier molecular flexibility index (Phi) is 16.3. The largest absolute Gasteiger partial charge is 0.471 e. The first kappa shape index (κ1) is 44.7. The lowest BCUT2D eigenvalue weighted by Crippen LogP contribution is -2.50. The van der Waals surface area contributed by atoms with Gasteiger partial charge in [0, 0.05) is 19.5 Å². The second-order valence-corrected chi connectivity index (χ2v) is 15.7. The van der Waals surface area contributed by atoms with Crippen molar-refractivity contribution in [2.45, 2.75) is 64.4 Å². The number of fused-ring (bicyclic) bond motifs is 1. The van der Waals surface area contributed by atoms with Gasteiger partial charge in [-0.3, -0.25) is 4.79 Å². The zero-order chi connectivity index (χ0) is 44.3. The maximum atomic E-state index is 13.6. The predicted octanol–water partition coefficient (Wildman–Crippen LogP) is 9.76. The Labute approximate surface area is 380 Å². The molecule has 0 fully saturated rings. The number of rotatable bonds is 23. The summed E-state index contributed by atoms with van der Waals surface area (Å²) in [6.45, 7) is 2.47. The molecule has 1 aliphatic heterocycles. The maximum absolute atomic E-state index is 13.6. The van der Waals surface area contributed by atoms with Crippen molar-refractivity contribution in [1.29, 1.82) is 0 Å². The molecule has 6 aromatic carbocycles. The first-order chi connectivity index (χ1) is 32.1. The zero-order valence-electron chi connectivity index (χ0n) is 36.3. The Balaban J connectivity index is 1.17. The average molecular weight is 871 g/mol. The fourth-order valence-corrected chi connectivity index (χ4v) is 7.44. The van der Waals surface area contributed by atoms with Crippen LogP contribution < -0.4 is 19.7 Å². The predicted molar refractivity (Wildman–Crippen MR) is 250 cm³/mol. The summed E-state index contributed by atoms with van der Waals surface area (Å²) in [5, 5.41) is 3.07. The molecule has 11 heteroatoms. The molecular formula is C54H54N4O7. The fourth-order valence-electron chi connectivity index (χ4n) is 7.44. The van der Waals surface area contributed by atoms with E-state index in [0.29, 0.717) is 31.3 Å². The minimum absolute atomic E-state index is 0.105. The summed E-state index contributed by atoms with van der Waals surface area (Å²) in [7, 11) is 0. The number of hydrogen-bond donors (Lipinski definition) is 1. The molecule has 65 heavy (non-hydrogen) atoms. The second-order valence-electron chi connectivity index (χ2n) is 15.7. The molecule has 7 aromatic rings. The van der Waals surface area contributed by atoms with Crippen LogP contribution in [0.25, 0.3) is 0 Å². The van der Waals surface area contributed by atoms with E-state index < -0.39 is 18.3 Å². The molecular weight excluding hydrogens is 817 g/mol. The van der Waals surface area contributed by atoms with Crippen LogP contribution >= 0.6 is 0 Å². The summed E-state index contributed by atoms with van der Waals surface area (Å²) in [5.41, 5.74) is 6.28. The topological polar surface area (TPSA) is 114 Å². The van der Waals surface area contributed by atoms with Crippen LogP contribution in [0, 0.1) is 0 Å². The molecule has 332 valence electrons. The summed E-state index contributed by atoms with van der Waals surface area (Å²) in [6, 6.07) is 60.0. The van der Waals surface area contributed by atoms with Crippen LogP contribution in [0.15, 0.2) is 182 Å². The Morgan fingerprint density at radius 3 is 1.43 bits per heavy atom. The lowest BCUT2D eigenvalue weighted by atomic mass is 10.1. The Hall–Kier alpha value is -6.89. The summed E-state index contributed by atoms with van der Waals surface area (Å²) in [6.07, 6.45) is -1.77. The summed E-state index contributed by atoms with van der Waals surface area (Å²) in [4.78, 5) is 25.4. The van der Waals surface area contributed by atoms with Gasteiger partial charge in [0.1, 0.15) is 37.2 Å². The van der Waals surface area contributed by atoms with E-state index in [9.17, 15) is 4.79 Å². The van der Waals surface area contributed by atoms with Crippen molar-refractivity contribution in [1.82, 2.24) is 9.97 Å². The van der Waals surface area contributed by atoms with Gasteiger partial charge >= 0.3 is 6.01 Å². The van der Waals surface area contributed by atoms with Gasteiger partial charge in [0.2, 0.25) is 11.8 Å². The van der Waals surface area contributed by atoms with Gasteiger partial charge in [-0.05, 0) is 33.4 Å². The normalized spacial score (nSPS) is 13.8. The van der Waals surface area contributed by atoms with Crippen molar-refractivity contribution in [2.24, 2.45) is 0 Å². The monoisotopic (exact) mass is 870 g/mol. The molecule has 8 rings (SSSR count). The smallest absolute Gasteiger partial charge is 0.322 e. The van der Waals surface area contributed by atoms with Crippen LogP contribution in [-0.2, 0) is 63.4 Å². The lowest BCUT2D eigenvalue weighted by molar-refractivity contribution is -0.165. The van der Waals surface area contributed by atoms with Gasteiger partial charge in [-0.2, -0.15) is 9.97 Å². The molecule has 1 N–H and O–H groups in total. The third kappa shape index (κ3) is 13.6. The first-order valence-corrected chi connectivity index (χ1v) is 22.0. The van der Waals surface area contributed by atoms with Crippen molar-refractivity contribution in [3.05, 3.63) is 215 Å². The minimum atomic E-state index is -0.682. The van der Waals surface area contributed by atoms with E-state index >= 15 is 0 Å². The molecule has 0 spiro atoms. The number of benzene rings is 6. The van der Waals surface area contributed by atoms with Crippen molar-refractivity contribution in [3.8, 4) is 11.9 Å². The number of carbonyl (C=O) groups excluding carboxylic acids is 1. The van der Waals surface area contributed by atoms with Gasteiger partial charge in [0.05, 0.1) is 33.0 Å². The average Bonchev–Trinajstić information content (AvgIpc) is 3.52. The quantitative estimate of drug-likeness (QED) is 0.0667. The van der Waals surface area contributed by atoms with E-state index in [0.717, 1.165) is 33.4 Å². The van der Waals surface area contributed by atoms with Gasteiger partial charge in [-0.25, -0.2) is 0 Å². The van der Waals surface area contributed by atoms with Gasteiger partial charge < -0.3 is 38.6 Å². The van der Waals surface area contributed by atoms with E-state index in [2.05, 4.69) is 5.32 Å². The number of ether oxygens (including phenoxy) is 6. The highest BCUT2D eigenvalue weighted by Crippen LogP contribution is 2.37. The molecule has 0 radical (unpaired) electrons. The summed E-state index contributed by atoms with van der Waals surface area (Å²) >= 11 is 0. The Bertz CT molecular complexity index is 2470. The highest BCUT2D eigenvalue weighted by Gasteiger charge is 2.37. The Morgan fingerprint density at radius 2 is 0.923 bits per heavy atom. The lowest BCUT2D eigenvalue weighted by Gasteiger charge is -2.37. The van der Waals surface area contributed by atoms with Crippen molar-refractivity contribution >= 4 is 17.4 Å². The molecule has 11 nitrogen and oxygen atoms in total. The first-order valence-electron chi connectivity index (χ1n) is 22.0. The number of anilines is 2. The summed E-state index contributed by atoms with van der Waals surface area (Å²) in [5.74, 6) is 0.435. The number of carbonyl (C=O) groups is 1. The molecule has 2 heterocycles. The maximum Gasteiger partial charge on any atom is 0.322 e. The number of nitrogens with zero attached hydrogens (tertiary/aromatic N) is 3. The van der Waals surface area contributed by atoms with E-state index in [1.807, 2.05) is 187 Å². The van der Waals surface area contributed by atoms with Crippen molar-refractivity contribution in [3.63, 3.8) is 0 Å². The number of amides is 1. The fraction of sp³-hybridized carbons (Fsp3) is 0.241. The van der Waals surface area contributed by atoms with Gasteiger partial charge in [-0.15, -0.1) is 0 Å². The van der Waals surface area contributed by atoms with Gasteiger partial charge in [-0.1, -0.05) is 182 Å². The molecule has 0 saturated heterocycles. The van der Waals surface area contributed by atoms with Crippen LogP contribution in [0.2, 0.25) is 0 Å². The number of hydrogen-bond acceptors (Lipinski definition) is 10. The van der Waals surface area contributed by atoms with Crippen LogP contribution in [0.1, 0.15) is 39.8 Å². The van der Waals surface area contributed by atoms with E-state index in [-0.39, 0.29) is 63.8 Å². The molecule has 1 aromatic heterocycles. The highest BCUT2D eigenvalue weighted by atomic mass is 16.6. The Morgan fingerprint density at radius 1 is 0.492 bits per heavy atom. The molecule has 0 aliphatic carbocycles. The van der Waals surface area contributed by atoms with Crippen LogP contribution in [-0.4, -0.2) is 53.9 Å². The van der Waals surface area contributed by atoms with Crippen LogP contribution in [0.4, 0.5) is 11.5 Å². The molecule has 3 atom stereocenters. The third-order valence-electron chi connectivity index (χ3n) is 10.9. The molecule has 0 unspecified atom stereocenters. The van der Waals surface area contributed by atoms with Crippen LogP contribution in [0.3, 0.4) is 0 Å². The second kappa shape index (κ2) is 23.7. The van der Waals surface area contributed by atoms with Crippen molar-refractivity contribution in [2.75, 3.05) is 29.9 Å². The molecule has 1 amide bonds. The zero-order valence-corrected chi connectivity index (χ0v) is 36.3. The van der Waals surface area contributed by atoms with Crippen molar-refractivity contribution < 1.29 is 33.2 Å².